The lowest BCUT2D eigenvalue weighted by atomic mass is 9.91. The van der Waals surface area contributed by atoms with E-state index in [0.29, 0.717) is 6.42 Å². The first-order chi connectivity index (χ1) is 12.1. The van der Waals surface area contributed by atoms with Gasteiger partial charge in [-0.05, 0) is 42.2 Å². The highest BCUT2D eigenvalue weighted by Crippen LogP contribution is 2.30. The Morgan fingerprint density at radius 3 is 2.36 bits per heavy atom. The number of fused-ring (bicyclic) bond motifs is 3. The number of carbonyl (C=O) groups is 1. The first-order valence-electron chi connectivity index (χ1n) is 8.47. The van der Waals surface area contributed by atoms with Crippen LogP contribution in [0.1, 0.15) is 22.6 Å². The number of carbonyl (C=O) groups excluding carboxylic acids is 1. The van der Waals surface area contributed by atoms with Crippen LogP contribution < -0.4 is 5.73 Å². The lowest BCUT2D eigenvalue weighted by molar-refractivity contribution is -0.119. The summed E-state index contributed by atoms with van der Waals surface area (Å²) in [6, 6.07) is 22.6. The van der Waals surface area contributed by atoms with Crippen molar-refractivity contribution in [2.24, 2.45) is 5.73 Å². The van der Waals surface area contributed by atoms with Crippen LogP contribution in [0.15, 0.2) is 66.7 Å². The number of H-pyrrole nitrogens is 1. The first-order valence-corrected chi connectivity index (χ1v) is 8.47. The molecule has 0 aliphatic rings. The lowest BCUT2D eigenvalue weighted by Gasteiger charge is -2.14. The maximum Gasteiger partial charge on any atom is 0.225 e. The monoisotopic (exact) mass is 328 g/mol. The molecule has 3 heteroatoms. The fourth-order valence-corrected chi connectivity index (χ4v) is 3.49. The molecule has 0 saturated heterocycles. The SMILES string of the molecule is Cc1ccc2c(c1)[nH]c1cc(C(Cc3ccccc3)C(N)=O)ccc12. The fourth-order valence-electron chi connectivity index (χ4n) is 3.49. The van der Waals surface area contributed by atoms with Gasteiger partial charge in [-0.2, -0.15) is 0 Å². The summed E-state index contributed by atoms with van der Waals surface area (Å²) in [5.74, 6) is -0.630. The zero-order valence-corrected chi connectivity index (χ0v) is 14.1. The van der Waals surface area contributed by atoms with E-state index < -0.39 is 0 Å². The van der Waals surface area contributed by atoms with Crippen LogP contribution in [0.25, 0.3) is 21.8 Å². The highest BCUT2D eigenvalue weighted by molar-refractivity contribution is 6.07. The van der Waals surface area contributed by atoms with Crippen LogP contribution in [0.4, 0.5) is 0 Å². The molecule has 25 heavy (non-hydrogen) atoms. The molecule has 0 spiro atoms. The molecule has 1 unspecified atom stereocenters. The number of aromatic amines is 1. The molecule has 1 aromatic heterocycles. The van der Waals surface area contributed by atoms with Gasteiger partial charge in [-0.3, -0.25) is 4.79 Å². The standard InChI is InChI=1S/C22H20N2O/c1-14-7-9-17-18-10-8-16(13-21(18)24-20(17)11-14)19(22(23)25)12-15-5-3-2-4-6-15/h2-11,13,19,24H,12H2,1H3,(H2,23,25). The Hall–Kier alpha value is -3.07. The molecule has 0 aliphatic heterocycles. The van der Waals surface area contributed by atoms with Gasteiger partial charge in [0.25, 0.3) is 0 Å². The van der Waals surface area contributed by atoms with Gasteiger partial charge < -0.3 is 10.7 Å². The molecule has 0 aliphatic carbocycles. The number of aromatic nitrogens is 1. The number of hydrogen-bond donors (Lipinski definition) is 2. The van der Waals surface area contributed by atoms with Crippen molar-refractivity contribution in [2.75, 3.05) is 0 Å². The van der Waals surface area contributed by atoms with Crippen molar-refractivity contribution in [3.63, 3.8) is 0 Å². The van der Waals surface area contributed by atoms with Crippen molar-refractivity contribution in [3.8, 4) is 0 Å². The van der Waals surface area contributed by atoms with E-state index in [1.54, 1.807) is 0 Å². The fraction of sp³-hybridized carbons (Fsp3) is 0.136. The van der Waals surface area contributed by atoms with E-state index in [9.17, 15) is 4.79 Å². The summed E-state index contributed by atoms with van der Waals surface area (Å²) in [6.45, 7) is 2.08. The second kappa shape index (κ2) is 6.10. The molecule has 0 radical (unpaired) electrons. The van der Waals surface area contributed by atoms with E-state index in [2.05, 4.69) is 42.2 Å². The van der Waals surface area contributed by atoms with E-state index in [-0.39, 0.29) is 11.8 Å². The van der Waals surface area contributed by atoms with Crippen LogP contribution in [0.5, 0.6) is 0 Å². The van der Waals surface area contributed by atoms with E-state index in [4.69, 9.17) is 5.73 Å². The maximum absolute atomic E-state index is 12.1. The normalized spacial score (nSPS) is 12.5. The Bertz CT molecular complexity index is 1060. The number of amides is 1. The minimum absolute atomic E-state index is 0.296. The minimum Gasteiger partial charge on any atom is -0.369 e. The van der Waals surface area contributed by atoms with Crippen LogP contribution in [0.3, 0.4) is 0 Å². The summed E-state index contributed by atoms with van der Waals surface area (Å²) in [5, 5.41) is 2.37. The summed E-state index contributed by atoms with van der Waals surface area (Å²) in [5.41, 5.74) is 11.1. The highest BCUT2D eigenvalue weighted by Gasteiger charge is 2.19. The zero-order chi connectivity index (χ0) is 17.4. The third-order valence-corrected chi connectivity index (χ3v) is 4.81. The third kappa shape index (κ3) is 2.89. The molecular formula is C22H20N2O. The zero-order valence-electron chi connectivity index (χ0n) is 14.1. The van der Waals surface area contributed by atoms with Gasteiger partial charge in [-0.15, -0.1) is 0 Å². The van der Waals surface area contributed by atoms with Crippen molar-refractivity contribution in [3.05, 3.63) is 83.4 Å². The van der Waals surface area contributed by atoms with Gasteiger partial charge >= 0.3 is 0 Å². The number of hydrogen-bond acceptors (Lipinski definition) is 1. The summed E-state index contributed by atoms with van der Waals surface area (Å²) in [6.07, 6.45) is 0.612. The van der Waals surface area contributed by atoms with E-state index >= 15 is 0 Å². The highest BCUT2D eigenvalue weighted by atomic mass is 16.1. The van der Waals surface area contributed by atoms with Gasteiger partial charge in [0.05, 0.1) is 5.92 Å². The van der Waals surface area contributed by atoms with Gasteiger partial charge in [0, 0.05) is 21.8 Å². The number of benzene rings is 3. The van der Waals surface area contributed by atoms with Crippen LogP contribution in [-0.4, -0.2) is 10.9 Å². The molecule has 1 heterocycles. The number of aryl methyl sites for hydroxylation is 1. The Morgan fingerprint density at radius 2 is 1.64 bits per heavy atom. The molecule has 0 bridgehead atoms. The van der Waals surface area contributed by atoms with Crippen LogP contribution in [0, 0.1) is 6.92 Å². The molecule has 3 nitrogen and oxygen atoms in total. The molecule has 124 valence electrons. The minimum atomic E-state index is -0.333. The number of nitrogens with two attached hydrogens (primary N) is 1. The van der Waals surface area contributed by atoms with E-state index in [1.165, 1.54) is 16.3 Å². The Kier molecular flexibility index (Phi) is 3.77. The number of rotatable bonds is 4. The van der Waals surface area contributed by atoms with Gasteiger partial charge in [-0.25, -0.2) is 0 Å². The predicted octanol–water partition coefficient (Wildman–Crippen LogP) is 4.44. The lowest BCUT2D eigenvalue weighted by Crippen LogP contribution is -2.23. The summed E-state index contributed by atoms with van der Waals surface area (Å²) in [7, 11) is 0. The second-order valence-electron chi connectivity index (χ2n) is 6.62. The average molecular weight is 328 g/mol. The molecule has 1 amide bonds. The smallest absolute Gasteiger partial charge is 0.225 e. The molecule has 4 rings (SSSR count). The van der Waals surface area contributed by atoms with Crippen molar-refractivity contribution in [1.29, 1.82) is 0 Å². The van der Waals surface area contributed by atoms with Gasteiger partial charge in [0.15, 0.2) is 0 Å². The Morgan fingerprint density at radius 1 is 0.960 bits per heavy atom. The summed E-state index contributed by atoms with van der Waals surface area (Å²) < 4.78 is 0. The van der Waals surface area contributed by atoms with Gasteiger partial charge in [-0.1, -0.05) is 54.6 Å². The Labute approximate surface area is 146 Å². The molecule has 4 aromatic rings. The third-order valence-electron chi connectivity index (χ3n) is 4.81. The number of nitrogens with one attached hydrogen (secondary N) is 1. The molecule has 3 aromatic carbocycles. The average Bonchev–Trinajstić information content (AvgIpc) is 2.96. The largest absolute Gasteiger partial charge is 0.369 e. The quantitative estimate of drug-likeness (QED) is 0.571. The van der Waals surface area contributed by atoms with Crippen LogP contribution in [0.2, 0.25) is 0 Å². The van der Waals surface area contributed by atoms with Crippen molar-refractivity contribution >= 4 is 27.7 Å². The molecule has 0 saturated carbocycles. The summed E-state index contributed by atoms with van der Waals surface area (Å²) in [4.78, 5) is 15.5. The van der Waals surface area contributed by atoms with Gasteiger partial charge in [0.1, 0.15) is 0 Å². The Balaban J connectivity index is 1.78. The summed E-state index contributed by atoms with van der Waals surface area (Å²) >= 11 is 0. The van der Waals surface area contributed by atoms with Crippen molar-refractivity contribution in [1.82, 2.24) is 4.98 Å². The van der Waals surface area contributed by atoms with E-state index in [0.717, 1.165) is 22.2 Å². The predicted molar refractivity (Wildman–Crippen MR) is 103 cm³/mol. The van der Waals surface area contributed by atoms with Crippen LogP contribution in [-0.2, 0) is 11.2 Å². The van der Waals surface area contributed by atoms with E-state index in [1.807, 2.05) is 36.4 Å². The molecule has 3 N–H and O–H groups in total. The van der Waals surface area contributed by atoms with Crippen LogP contribution >= 0.6 is 0 Å². The molecular weight excluding hydrogens is 308 g/mol. The second-order valence-corrected chi connectivity index (χ2v) is 6.62. The van der Waals surface area contributed by atoms with Crippen molar-refractivity contribution < 1.29 is 4.79 Å². The first kappa shape index (κ1) is 15.5. The topological polar surface area (TPSA) is 58.9 Å². The van der Waals surface area contributed by atoms with Gasteiger partial charge in [0.2, 0.25) is 5.91 Å². The molecule has 1 atom stereocenters. The van der Waals surface area contributed by atoms with Crippen molar-refractivity contribution in [2.45, 2.75) is 19.3 Å². The maximum atomic E-state index is 12.1. The number of primary amides is 1. The molecule has 0 fully saturated rings.